The third kappa shape index (κ3) is 3.32. The maximum Gasteiger partial charge on any atom is 0.330 e. The molecule has 1 saturated heterocycles. The van der Waals surface area contributed by atoms with Crippen molar-refractivity contribution >= 4 is 13.8 Å². The minimum absolute atomic E-state index is 0.455. The highest BCUT2D eigenvalue weighted by atomic mass is 31.2. The van der Waals surface area contributed by atoms with Gasteiger partial charge >= 0.3 is 7.59 Å². The van der Waals surface area contributed by atoms with E-state index in [1.54, 1.807) is 0 Å². The Kier molecular flexibility index (Phi) is 5.47. The van der Waals surface area contributed by atoms with Gasteiger partial charge in [0.05, 0.1) is 0 Å². The third-order valence-electron chi connectivity index (χ3n) is 7.53. The van der Waals surface area contributed by atoms with Crippen LogP contribution in [-0.4, -0.2) is 39.7 Å². The standard InChI is InChI=1S/C23H34N3OP/c27-28(24-18-19-10-2-1-3-11-19)25(20-12-4-5-13-20)22-16-8-9-17-23(22)26(28)21-14-6-7-15-21/h1-3,10-11,18,20-23H,4-9,12-17H2/t22-,23-/m1/s1. The molecule has 4 nitrogen and oxygen atoms in total. The molecule has 0 bridgehead atoms. The molecule has 2 atom stereocenters. The average Bonchev–Trinajstić information content (AvgIpc) is 3.46. The number of fused-ring (bicyclic) bond motifs is 1. The summed E-state index contributed by atoms with van der Waals surface area (Å²) in [4.78, 5) is 0. The van der Waals surface area contributed by atoms with E-state index in [0.29, 0.717) is 24.2 Å². The highest BCUT2D eigenvalue weighted by Crippen LogP contribution is 2.68. The first kappa shape index (κ1) is 19.0. The van der Waals surface area contributed by atoms with E-state index in [1.165, 1.54) is 77.0 Å². The van der Waals surface area contributed by atoms with Crippen LogP contribution in [0.15, 0.2) is 35.1 Å². The number of nitrogens with zero attached hydrogens (tertiary/aromatic N) is 3. The Hall–Kier alpha value is -0.960. The van der Waals surface area contributed by atoms with E-state index in [-0.39, 0.29) is 0 Å². The van der Waals surface area contributed by atoms with Gasteiger partial charge in [0.1, 0.15) is 0 Å². The van der Waals surface area contributed by atoms with Crippen LogP contribution in [0.4, 0.5) is 0 Å². The highest BCUT2D eigenvalue weighted by Gasteiger charge is 2.59. The largest absolute Gasteiger partial charge is 0.330 e. The summed E-state index contributed by atoms with van der Waals surface area (Å²) in [6.45, 7) is 0. The van der Waals surface area contributed by atoms with Crippen molar-refractivity contribution in [1.29, 1.82) is 0 Å². The van der Waals surface area contributed by atoms with E-state index in [9.17, 15) is 4.57 Å². The number of rotatable bonds is 4. The minimum Gasteiger partial charge on any atom is -0.262 e. The third-order valence-corrected chi connectivity index (χ3v) is 10.4. The average molecular weight is 400 g/mol. The molecule has 5 rings (SSSR count). The molecule has 28 heavy (non-hydrogen) atoms. The molecule has 3 saturated carbocycles. The van der Waals surface area contributed by atoms with Gasteiger partial charge in [-0.05, 0) is 44.1 Å². The van der Waals surface area contributed by atoms with E-state index in [4.69, 9.17) is 4.76 Å². The molecule has 0 spiro atoms. The second-order valence-electron chi connectivity index (χ2n) is 9.22. The molecule has 5 heteroatoms. The summed E-state index contributed by atoms with van der Waals surface area (Å²) in [5.74, 6) is 0. The molecular weight excluding hydrogens is 365 g/mol. The first-order valence-corrected chi connectivity index (χ1v) is 13.1. The van der Waals surface area contributed by atoms with Crippen LogP contribution in [0.2, 0.25) is 0 Å². The van der Waals surface area contributed by atoms with Crippen LogP contribution in [0, 0.1) is 0 Å². The fourth-order valence-corrected chi connectivity index (χ4v) is 9.70. The van der Waals surface area contributed by atoms with Gasteiger partial charge in [-0.3, -0.25) is 4.57 Å². The topological polar surface area (TPSA) is 35.9 Å². The van der Waals surface area contributed by atoms with E-state index in [0.717, 1.165) is 5.56 Å². The quantitative estimate of drug-likeness (QED) is 0.458. The second-order valence-corrected chi connectivity index (χ2v) is 11.4. The lowest BCUT2D eigenvalue weighted by Gasteiger charge is -2.34. The van der Waals surface area contributed by atoms with Gasteiger partial charge in [-0.25, -0.2) is 14.1 Å². The Bertz CT molecular complexity index is 703. The van der Waals surface area contributed by atoms with Gasteiger partial charge in [-0.2, -0.15) is 0 Å². The fourth-order valence-electron chi connectivity index (χ4n) is 6.32. The molecular formula is C23H34N3OP. The van der Waals surface area contributed by atoms with Crippen LogP contribution in [-0.2, 0) is 4.57 Å². The van der Waals surface area contributed by atoms with Crippen LogP contribution < -0.4 is 0 Å². The molecule has 0 N–H and O–H groups in total. The predicted octanol–water partition coefficient (Wildman–Crippen LogP) is 6.03. The molecule has 1 heterocycles. The van der Waals surface area contributed by atoms with Crippen LogP contribution in [0.3, 0.4) is 0 Å². The van der Waals surface area contributed by atoms with Crippen LogP contribution >= 0.6 is 7.59 Å². The molecule has 1 aliphatic heterocycles. The van der Waals surface area contributed by atoms with E-state index in [1.807, 2.05) is 24.4 Å². The molecule has 0 radical (unpaired) electrons. The summed E-state index contributed by atoms with van der Waals surface area (Å²) in [6, 6.07) is 12.1. The first-order chi connectivity index (χ1) is 13.8. The zero-order valence-electron chi connectivity index (χ0n) is 17.0. The maximum atomic E-state index is 14.8. The number of hydrogen-bond donors (Lipinski definition) is 0. The SMILES string of the molecule is O=P1(N=Cc2ccccc2)N(C2CCCC2)[C@@H]2CCCC[C@H]2N1C1CCCC1. The zero-order valence-corrected chi connectivity index (χ0v) is 17.9. The van der Waals surface area contributed by atoms with E-state index >= 15 is 0 Å². The molecule has 0 aromatic heterocycles. The second kappa shape index (κ2) is 8.05. The summed E-state index contributed by atoms with van der Waals surface area (Å²) in [6.07, 6.45) is 16.8. The summed E-state index contributed by atoms with van der Waals surface area (Å²) in [5.41, 5.74) is 1.06. The lowest BCUT2D eigenvalue weighted by molar-refractivity contribution is 0.159. The van der Waals surface area contributed by atoms with E-state index < -0.39 is 7.59 Å². The predicted molar refractivity (Wildman–Crippen MR) is 116 cm³/mol. The van der Waals surface area contributed by atoms with Gasteiger partial charge in [0.25, 0.3) is 0 Å². The molecule has 0 unspecified atom stereocenters. The molecule has 3 aliphatic carbocycles. The molecule has 152 valence electrons. The van der Waals surface area contributed by atoms with Crippen molar-refractivity contribution in [3.05, 3.63) is 35.9 Å². The van der Waals surface area contributed by atoms with Gasteiger partial charge < -0.3 is 0 Å². The molecule has 4 aliphatic rings. The summed E-state index contributed by atoms with van der Waals surface area (Å²) in [7, 11) is -2.92. The fraction of sp³-hybridized carbons (Fsp3) is 0.696. The maximum absolute atomic E-state index is 14.8. The van der Waals surface area contributed by atoms with Gasteiger partial charge in [0.15, 0.2) is 0 Å². The van der Waals surface area contributed by atoms with Crippen molar-refractivity contribution in [3.8, 4) is 0 Å². The van der Waals surface area contributed by atoms with Crippen molar-refractivity contribution in [3.63, 3.8) is 0 Å². The Morgan fingerprint density at radius 2 is 1.21 bits per heavy atom. The van der Waals surface area contributed by atoms with Crippen LogP contribution in [0.5, 0.6) is 0 Å². The highest BCUT2D eigenvalue weighted by molar-refractivity contribution is 7.58. The smallest absolute Gasteiger partial charge is 0.262 e. The zero-order chi connectivity index (χ0) is 19.0. The van der Waals surface area contributed by atoms with Gasteiger partial charge in [0.2, 0.25) is 0 Å². The summed E-state index contributed by atoms with van der Waals surface area (Å²) in [5, 5.41) is 0. The monoisotopic (exact) mass is 399 g/mol. The summed E-state index contributed by atoms with van der Waals surface area (Å²) >= 11 is 0. The van der Waals surface area contributed by atoms with Crippen LogP contribution in [0.1, 0.15) is 82.6 Å². The Morgan fingerprint density at radius 1 is 0.750 bits per heavy atom. The van der Waals surface area contributed by atoms with Crippen molar-refractivity contribution in [1.82, 2.24) is 9.34 Å². The lowest BCUT2D eigenvalue weighted by atomic mass is 9.89. The minimum atomic E-state index is -2.92. The molecule has 1 aromatic rings. The first-order valence-electron chi connectivity index (χ1n) is 11.6. The molecule has 0 amide bonds. The van der Waals surface area contributed by atoms with Gasteiger partial charge in [-0.1, -0.05) is 68.9 Å². The van der Waals surface area contributed by atoms with Crippen molar-refractivity contribution in [2.45, 2.75) is 101 Å². The molecule has 4 fully saturated rings. The molecule has 1 aromatic carbocycles. The van der Waals surface area contributed by atoms with Crippen molar-refractivity contribution in [2.75, 3.05) is 0 Å². The number of hydrogen-bond acceptors (Lipinski definition) is 1. The Balaban J connectivity index is 1.56. The van der Waals surface area contributed by atoms with Gasteiger partial charge in [0, 0.05) is 30.4 Å². The summed E-state index contributed by atoms with van der Waals surface area (Å²) < 4.78 is 24.8. The normalized spacial score (nSPS) is 32.4. The Morgan fingerprint density at radius 3 is 1.71 bits per heavy atom. The van der Waals surface area contributed by atoms with Gasteiger partial charge in [-0.15, -0.1) is 0 Å². The van der Waals surface area contributed by atoms with E-state index in [2.05, 4.69) is 21.5 Å². The van der Waals surface area contributed by atoms with Crippen molar-refractivity contribution < 1.29 is 4.57 Å². The number of benzene rings is 1. The Labute approximate surface area is 169 Å². The van der Waals surface area contributed by atoms with Crippen LogP contribution in [0.25, 0.3) is 0 Å². The lowest BCUT2D eigenvalue weighted by Crippen LogP contribution is -2.44. The van der Waals surface area contributed by atoms with Crippen molar-refractivity contribution in [2.24, 2.45) is 4.76 Å².